The molecular weight excluding hydrogens is 841 g/mol. The van der Waals surface area contributed by atoms with Gasteiger partial charge in [-0.15, -0.1) is 0 Å². The van der Waals surface area contributed by atoms with Gasteiger partial charge in [-0.2, -0.15) is 0 Å². The summed E-state index contributed by atoms with van der Waals surface area (Å²) in [4.78, 5) is 71.2. The molecule has 2 saturated heterocycles. The van der Waals surface area contributed by atoms with E-state index in [2.05, 4.69) is 0 Å². The Hall–Kier alpha value is -3.43. The Labute approximate surface area is 385 Å². The van der Waals surface area contributed by atoms with Gasteiger partial charge in [0.1, 0.15) is 24.4 Å². The monoisotopic (exact) mass is 918 g/mol. The Morgan fingerprint density at radius 3 is 2.29 bits per heavy atom. The van der Waals surface area contributed by atoms with Crippen molar-refractivity contribution < 1.29 is 61.5 Å². The van der Waals surface area contributed by atoms with Gasteiger partial charge in [0.2, 0.25) is 0 Å². The molecule has 15 atom stereocenters. The molecule has 3 heterocycles. The Balaban J connectivity index is 1.70. The van der Waals surface area contributed by atoms with E-state index in [-0.39, 0.29) is 67.4 Å². The summed E-state index contributed by atoms with van der Waals surface area (Å²) in [6.07, 6.45) is 9.15. The molecule has 65 heavy (non-hydrogen) atoms. The number of aliphatic hydroxyl groups excluding tert-OH is 1. The number of Topliss-reactive ketones (excluding diaryl/α,β-unsaturated/α-hetero) is 3. The molecule has 3 aliphatic heterocycles. The molecule has 5 unspecified atom stereocenters. The number of hydrogen-bond donors (Lipinski definition) is 1. The van der Waals surface area contributed by atoms with Crippen molar-refractivity contribution in [2.75, 3.05) is 27.9 Å². The lowest BCUT2D eigenvalue weighted by molar-refractivity contribution is -0.231. The maximum absolute atomic E-state index is 17.0. The first-order chi connectivity index (χ1) is 30.7. The van der Waals surface area contributed by atoms with Crippen molar-refractivity contribution in [1.82, 2.24) is 4.90 Å². The first-order valence-corrected chi connectivity index (χ1v) is 23.9. The summed E-state index contributed by atoms with van der Waals surface area (Å²) in [7, 11) is 4.38. The van der Waals surface area contributed by atoms with Crippen molar-refractivity contribution in [3.8, 4) is 0 Å². The number of rotatable bonds is 6. The van der Waals surface area contributed by atoms with Crippen LogP contribution in [0.3, 0.4) is 0 Å². The number of ketones is 3. The summed E-state index contributed by atoms with van der Waals surface area (Å²) < 4.78 is 62.1. The fourth-order valence-electron chi connectivity index (χ4n) is 10.1. The quantitative estimate of drug-likeness (QED) is 0.203. The number of carbonyl (C=O) groups is 5. The normalized spacial score (nSPS) is 37.8. The van der Waals surface area contributed by atoms with E-state index in [9.17, 15) is 29.1 Å². The minimum Gasteiger partial charge on any atom is -0.460 e. The fraction of sp³-hybridized carbons (Fsp3) is 0.745. The van der Waals surface area contributed by atoms with Crippen LogP contribution in [-0.2, 0) is 47.7 Å². The van der Waals surface area contributed by atoms with Crippen molar-refractivity contribution >= 4 is 29.2 Å². The minimum atomic E-state index is -2.94. The number of carbonyl (C=O) groups excluding carboxylic acids is 5. The van der Waals surface area contributed by atoms with Gasteiger partial charge in [0.25, 0.3) is 17.5 Å². The number of alkyl halides is 2. The van der Waals surface area contributed by atoms with Crippen LogP contribution in [0.15, 0.2) is 47.6 Å². The summed E-state index contributed by atoms with van der Waals surface area (Å²) in [6.45, 7) is 12.2. The third-order valence-electron chi connectivity index (χ3n) is 14.4. The zero-order valence-electron chi connectivity index (χ0n) is 40.5. The molecule has 2 bridgehead atoms. The average Bonchev–Trinajstić information content (AvgIpc) is 3.28. The number of aliphatic hydroxyl groups is 1. The molecule has 0 aromatic rings. The number of allylic oxidation sites excluding steroid dienone is 7. The number of esters is 1. The van der Waals surface area contributed by atoms with Gasteiger partial charge in [0.15, 0.2) is 11.6 Å². The van der Waals surface area contributed by atoms with Crippen molar-refractivity contribution in [2.45, 2.75) is 180 Å². The molecule has 12 nitrogen and oxygen atoms in total. The first kappa shape index (κ1) is 54.2. The van der Waals surface area contributed by atoms with E-state index in [1.165, 1.54) is 27.2 Å². The maximum atomic E-state index is 17.0. The predicted octanol–water partition coefficient (Wildman–Crippen LogP) is 8.14. The van der Waals surface area contributed by atoms with Crippen LogP contribution >= 0.6 is 0 Å². The second-order valence-electron chi connectivity index (χ2n) is 19.5. The highest BCUT2D eigenvalue weighted by molar-refractivity contribution is 6.39. The Kier molecular flexibility index (Phi) is 20.9. The summed E-state index contributed by atoms with van der Waals surface area (Å²) in [5.41, 5.74) is 1.05. The molecule has 1 aliphatic carbocycles. The average molecular weight is 918 g/mol. The topological polar surface area (TPSA) is 155 Å². The van der Waals surface area contributed by atoms with Gasteiger partial charge in [-0.3, -0.25) is 19.2 Å². The van der Waals surface area contributed by atoms with Gasteiger partial charge < -0.3 is 33.7 Å². The van der Waals surface area contributed by atoms with Gasteiger partial charge in [0.05, 0.1) is 24.4 Å². The second-order valence-corrected chi connectivity index (χ2v) is 19.5. The summed E-state index contributed by atoms with van der Waals surface area (Å²) in [5.74, 6) is -9.76. The SMILES string of the molecule is CO[C@H]1C[C@@H]2CC[C@@H](C)C(F)(O2)C(=O)C(=O)N2CCCCC2C(=O)O[C@H]([C@H](C)CC2CC[C@H](O)[C@H](OC)C2)CC(=O)C(C)=CC(C)C(F)[C@@H](OC)C(=O)[C@H](C)C[C@H](C)C=CC=CC=C1C. The molecule has 1 amide bonds. The van der Waals surface area contributed by atoms with Crippen molar-refractivity contribution in [2.24, 2.45) is 35.5 Å². The van der Waals surface area contributed by atoms with Crippen molar-refractivity contribution in [3.63, 3.8) is 0 Å². The summed E-state index contributed by atoms with van der Waals surface area (Å²) in [6, 6.07) is -1.21. The zero-order chi connectivity index (χ0) is 48.2. The van der Waals surface area contributed by atoms with Gasteiger partial charge in [-0.1, -0.05) is 71.1 Å². The fourth-order valence-corrected chi connectivity index (χ4v) is 10.1. The summed E-state index contributed by atoms with van der Waals surface area (Å²) >= 11 is 0. The molecular formula is C51H77F2NO11. The molecule has 1 saturated carbocycles. The number of halogens is 2. The van der Waals surface area contributed by atoms with E-state index < -0.39 is 89.8 Å². The highest BCUT2D eigenvalue weighted by Gasteiger charge is 2.55. The van der Waals surface area contributed by atoms with Crippen molar-refractivity contribution in [3.05, 3.63) is 47.6 Å². The van der Waals surface area contributed by atoms with Crippen LogP contribution in [0.4, 0.5) is 8.78 Å². The minimum absolute atomic E-state index is 0.0193. The molecule has 14 heteroatoms. The number of nitrogens with zero attached hydrogens (tertiary/aromatic N) is 1. The molecule has 0 aromatic carbocycles. The molecule has 0 aromatic heterocycles. The predicted molar refractivity (Wildman–Crippen MR) is 243 cm³/mol. The van der Waals surface area contributed by atoms with Crippen molar-refractivity contribution in [1.29, 1.82) is 0 Å². The number of amides is 1. The lowest BCUT2D eigenvalue weighted by Gasteiger charge is -2.41. The molecule has 3 fully saturated rings. The summed E-state index contributed by atoms with van der Waals surface area (Å²) in [5, 5.41) is 10.5. The van der Waals surface area contributed by atoms with E-state index >= 15 is 8.78 Å². The smallest absolute Gasteiger partial charge is 0.329 e. The lowest BCUT2D eigenvalue weighted by atomic mass is 9.78. The molecule has 0 spiro atoms. The van der Waals surface area contributed by atoms with Crippen LogP contribution < -0.4 is 0 Å². The number of methoxy groups -OCH3 is 3. The van der Waals surface area contributed by atoms with E-state index in [1.54, 1.807) is 27.9 Å². The third kappa shape index (κ3) is 14.3. The van der Waals surface area contributed by atoms with Crippen LogP contribution in [0.1, 0.15) is 126 Å². The third-order valence-corrected chi connectivity index (χ3v) is 14.4. The maximum Gasteiger partial charge on any atom is 0.329 e. The highest BCUT2D eigenvalue weighted by Crippen LogP contribution is 2.40. The van der Waals surface area contributed by atoms with Crippen LogP contribution in [0.2, 0.25) is 0 Å². The number of ether oxygens (including phenoxy) is 5. The Bertz CT molecular complexity index is 1760. The van der Waals surface area contributed by atoms with Gasteiger partial charge in [0, 0.05) is 58.5 Å². The highest BCUT2D eigenvalue weighted by atomic mass is 19.2. The lowest BCUT2D eigenvalue weighted by Crippen LogP contribution is -2.59. The number of fused-ring (bicyclic) bond motifs is 3. The Morgan fingerprint density at radius 1 is 0.892 bits per heavy atom. The first-order valence-electron chi connectivity index (χ1n) is 23.9. The second kappa shape index (κ2) is 25.1. The van der Waals surface area contributed by atoms with E-state index in [0.29, 0.717) is 51.4 Å². The zero-order valence-corrected chi connectivity index (χ0v) is 40.5. The largest absolute Gasteiger partial charge is 0.460 e. The van der Waals surface area contributed by atoms with Crippen LogP contribution in [0.25, 0.3) is 0 Å². The number of hydrogen-bond acceptors (Lipinski definition) is 11. The van der Waals surface area contributed by atoms with Gasteiger partial charge >= 0.3 is 5.97 Å². The molecule has 1 N–H and O–H groups in total. The van der Waals surface area contributed by atoms with E-state index in [1.807, 2.05) is 51.2 Å². The van der Waals surface area contributed by atoms with E-state index in [4.69, 9.17) is 23.7 Å². The van der Waals surface area contributed by atoms with Crippen LogP contribution in [0, 0.1) is 35.5 Å². The number of piperidine rings is 1. The molecule has 4 aliphatic rings. The Morgan fingerprint density at radius 2 is 1.62 bits per heavy atom. The van der Waals surface area contributed by atoms with E-state index in [0.717, 1.165) is 10.5 Å². The standard InChI is InChI=1S/C51H77F2NO11/c1-30-16-12-11-13-17-31(2)42(61-8)28-38-21-19-36(7)51(53,65-38)48(58)49(59)54-23-15-14-18-39(54)50(60)64-43(33(4)26-37-20-22-40(55)44(27-37)62-9)29-41(56)32(3)25-34(5)45(52)47(63-10)46(57)35(6)24-30/h11-13,16-17,25,30,33-40,42-45,47,55H,14-15,18-24,26-29H2,1-10H3/t30-,33-,34?,35-,36-,37?,38+,39?,40+,42+,43+,44-,45?,47-,51?/m1/s1. The van der Waals surface area contributed by atoms with Gasteiger partial charge in [-0.05, 0) is 107 Å². The van der Waals surface area contributed by atoms with Crippen LogP contribution in [0.5, 0.6) is 0 Å². The number of cyclic esters (lactones) is 1. The van der Waals surface area contributed by atoms with Gasteiger partial charge in [-0.25, -0.2) is 13.6 Å². The molecule has 0 radical (unpaired) electrons. The van der Waals surface area contributed by atoms with Crippen LogP contribution in [-0.4, -0.2) is 122 Å². The molecule has 4 rings (SSSR count). The molecule has 366 valence electrons.